The van der Waals surface area contributed by atoms with E-state index >= 15 is 0 Å². The molecule has 2 aliphatic heterocycles. The molecule has 2 aliphatic rings. The van der Waals surface area contributed by atoms with Crippen LogP contribution in [0.5, 0.6) is 0 Å². The number of hydrogen-bond acceptors (Lipinski definition) is 4. The number of aliphatic carboxylic acids is 1. The monoisotopic (exact) mass is 196 g/mol. The number of rotatable bonds is 1. The number of carbonyl (C=O) groups is 2. The lowest BCUT2D eigenvalue weighted by atomic mass is 9.83. The summed E-state index contributed by atoms with van der Waals surface area (Å²) >= 11 is 0. The van der Waals surface area contributed by atoms with Gasteiger partial charge in [0, 0.05) is 24.7 Å². The quantitative estimate of drug-likeness (QED) is 0.474. The number of hydrogen-bond donors (Lipinski definition) is 3. The number of fused-ring (bicyclic) bond motifs is 1. The van der Waals surface area contributed by atoms with Crippen LogP contribution in [-0.4, -0.2) is 36.0 Å². The summed E-state index contributed by atoms with van der Waals surface area (Å²) in [6, 6.07) is 0.0550. The molecule has 3 N–H and O–H groups in total. The van der Waals surface area contributed by atoms with Gasteiger partial charge in [0.05, 0.1) is 0 Å². The fourth-order valence-electron chi connectivity index (χ4n) is 1.98. The first-order valence-electron chi connectivity index (χ1n) is 4.64. The number of carbonyl (C=O) groups excluding carboxylic acids is 1. The number of nitrogens with one attached hydrogen (secondary N) is 2. The van der Waals surface area contributed by atoms with Crippen LogP contribution in [0.15, 0.2) is 11.8 Å². The van der Waals surface area contributed by atoms with Gasteiger partial charge >= 0.3 is 5.97 Å². The third-order valence-electron chi connectivity index (χ3n) is 2.76. The van der Waals surface area contributed by atoms with Crippen molar-refractivity contribution in [3.8, 4) is 0 Å². The van der Waals surface area contributed by atoms with Gasteiger partial charge in [-0.1, -0.05) is 0 Å². The highest BCUT2D eigenvalue weighted by atomic mass is 16.4. The molecule has 1 fully saturated rings. The SMILES string of the molecule is O=C(O)C1=CNC2CNCCC2C1=O. The molecule has 14 heavy (non-hydrogen) atoms. The summed E-state index contributed by atoms with van der Waals surface area (Å²) in [6.07, 6.45) is 2.03. The fraction of sp³-hybridized carbons (Fsp3) is 0.556. The van der Waals surface area contributed by atoms with Crippen molar-refractivity contribution in [1.29, 1.82) is 0 Å². The summed E-state index contributed by atoms with van der Waals surface area (Å²) < 4.78 is 0. The Balaban J connectivity index is 2.22. The average molecular weight is 196 g/mol. The van der Waals surface area contributed by atoms with E-state index in [1.807, 2.05) is 0 Å². The van der Waals surface area contributed by atoms with Gasteiger partial charge in [-0.25, -0.2) is 4.79 Å². The molecule has 0 aromatic rings. The van der Waals surface area contributed by atoms with E-state index in [1.165, 1.54) is 6.20 Å². The predicted molar refractivity (Wildman–Crippen MR) is 48.6 cm³/mol. The van der Waals surface area contributed by atoms with Gasteiger partial charge in [-0.05, 0) is 13.0 Å². The first-order valence-corrected chi connectivity index (χ1v) is 4.64. The van der Waals surface area contributed by atoms with Gasteiger partial charge < -0.3 is 15.7 Å². The maximum Gasteiger partial charge on any atom is 0.340 e. The zero-order valence-electron chi connectivity index (χ0n) is 7.62. The standard InChI is InChI=1S/C9H12N2O3/c12-8-5-1-2-10-4-7(5)11-3-6(8)9(13)14/h3,5,7,10-11H,1-2,4H2,(H,13,14). The molecule has 0 amide bonds. The van der Waals surface area contributed by atoms with Crippen LogP contribution < -0.4 is 10.6 Å². The van der Waals surface area contributed by atoms with Crippen LogP contribution in [0.25, 0.3) is 0 Å². The lowest BCUT2D eigenvalue weighted by molar-refractivity contribution is -0.136. The van der Waals surface area contributed by atoms with Gasteiger partial charge in [-0.3, -0.25) is 4.79 Å². The Bertz CT molecular complexity index is 311. The summed E-state index contributed by atoms with van der Waals surface area (Å²) in [7, 11) is 0. The smallest absolute Gasteiger partial charge is 0.340 e. The largest absolute Gasteiger partial charge is 0.478 e. The Hall–Kier alpha value is -1.36. The van der Waals surface area contributed by atoms with Crippen LogP contribution in [0, 0.1) is 5.92 Å². The highest BCUT2D eigenvalue weighted by Crippen LogP contribution is 2.21. The summed E-state index contributed by atoms with van der Waals surface area (Å²) in [5.74, 6) is -1.55. The second-order valence-electron chi connectivity index (χ2n) is 3.60. The van der Waals surface area contributed by atoms with Crippen molar-refractivity contribution in [2.24, 2.45) is 5.92 Å². The summed E-state index contributed by atoms with van der Waals surface area (Å²) in [6.45, 7) is 1.50. The lowest BCUT2D eigenvalue weighted by Gasteiger charge is -2.34. The topological polar surface area (TPSA) is 78.4 Å². The minimum Gasteiger partial charge on any atom is -0.478 e. The number of piperidine rings is 1. The van der Waals surface area contributed by atoms with Crippen LogP contribution in [0.4, 0.5) is 0 Å². The van der Waals surface area contributed by atoms with Crippen molar-refractivity contribution in [1.82, 2.24) is 10.6 Å². The lowest BCUT2D eigenvalue weighted by Crippen LogP contribution is -2.53. The molecule has 2 rings (SSSR count). The fourth-order valence-corrected chi connectivity index (χ4v) is 1.98. The third-order valence-corrected chi connectivity index (χ3v) is 2.76. The van der Waals surface area contributed by atoms with E-state index in [4.69, 9.17) is 5.11 Å². The zero-order chi connectivity index (χ0) is 10.1. The van der Waals surface area contributed by atoms with E-state index in [1.54, 1.807) is 0 Å². The van der Waals surface area contributed by atoms with Crippen molar-refractivity contribution in [2.45, 2.75) is 12.5 Å². The van der Waals surface area contributed by atoms with E-state index in [-0.39, 0.29) is 23.3 Å². The van der Waals surface area contributed by atoms with E-state index < -0.39 is 5.97 Å². The molecule has 2 heterocycles. The molecule has 0 aromatic carbocycles. The first kappa shape index (κ1) is 9.21. The molecule has 0 aliphatic carbocycles. The Morgan fingerprint density at radius 3 is 3.07 bits per heavy atom. The molecule has 76 valence electrons. The number of ketones is 1. The highest BCUT2D eigenvalue weighted by molar-refractivity contribution is 6.18. The van der Waals surface area contributed by atoms with Gasteiger partial charge in [0.15, 0.2) is 5.78 Å². The molecule has 0 saturated carbocycles. The molecule has 1 saturated heterocycles. The Labute approximate surface area is 81.2 Å². The third kappa shape index (κ3) is 1.39. The minimum atomic E-state index is -1.14. The van der Waals surface area contributed by atoms with E-state index in [9.17, 15) is 9.59 Å². The second kappa shape index (κ2) is 3.42. The average Bonchev–Trinajstić information content (AvgIpc) is 2.18. The van der Waals surface area contributed by atoms with Crippen LogP contribution in [-0.2, 0) is 9.59 Å². The summed E-state index contributed by atoms with van der Waals surface area (Å²) in [4.78, 5) is 22.4. The molecule has 0 spiro atoms. The van der Waals surface area contributed by atoms with Crippen LogP contribution in [0.3, 0.4) is 0 Å². The molecule has 0 aromatic heterocycles. The second-order valence-corrected chi connectivity index (χ2v) is 3.60. The molecule has 2 atom stereocenters. The Morgan fingerprint density at radius 1 is 1.57 bits per heavy atom. The van der Waals surface area contributed by atoms with Gasteiger partial charge in [-0.2, -0.15) is 0 Å². The molecular formula is C9H12N2O3. The van der Waals surface area contributed by atoms with Gasteiger partial charge in [0.2, 0.25) is 0 Å². The van der Waals surface area contributed by atoms with Gasteiger partial charge in [0.1, 0.15) is 5.57 Å². The normalized spacial score (nSPS) is 31.4. The molecule has 0 radical (unpaired) electrons. The van der Waals surface area contributed by atoms with Crippen molar-refractivity contribution >= 4 is 11.8 Å². The van der Waals surface area contributed by atoms with Crippen molar-refractivity contribution in [3.05, 3.63) is 11.8 Å². The van der Waals surface area contributed by atoms with Gasteiger partial charge in [0.25, 0.3) is 0 Å². The summed E-state index contributed by atoms with van der Waals surface area (Å²) in [5.41, 5.74) is -0.117. The molecular weight excluding hydrogens is 184 g/mol. The number of carboxylic acids is 1. The van der Waals surface area contributed by atoms with Crippen molar-refractivity contribution in [3.63, 3.8) is 0 Å². The van der Waals surface area contributed by atoms with Crippen molar-refractivity contribution in [2.75, 3.05) is 13.1 Å². The zero-order valence-corrected chi connectivity index (χ0v) is 7.62. The maximum absolute atomic E-state index is 11.7. The molecule has 5 heteroatoms. The van der Waals surface area contributed by atoms with Gasteiger partial charge in [-0.15, -0.1) is 0 Å². The van der Waals surface area contributed by atoms with E-state index in [0.717, 1.165) is 13.1 Å². The Morgan fingerprint density at radius 2 is 2.36 bits per heavy atom. The number of carboxylic acid groups (broad SMARTS) is 1. The van der Waals surface area contributed by atoms with Crippen LogP contribution in [0.1, 0.15) is 6.42 Å². The van der Waals surface area contributed by atoms with Crippen molar-refractivity contribution < 1.29 is 14.7 Å². The van der Waals surface area contributed by atoms with Crippen LogP contribution in [0.2, 0.25) is 0 Å². The highest BCUT2D eigenvalue weighted by Gasteiger charge is 2.37. The number of Topliss-reactive ketones (excluding diaryl/α,β-unsaturated/α-hetero) is 1. The molecule has 5 nitrogen and oxygen atoms in total. The molecule has 2 unspecified atom stereocenters. The summed E-state index contributed by atoms with van der Waals surface area (Å²) in [5, 5.41) is 14.9. The van der Waals surface area contributed by atoms with E-state index in [0.29, 0.717) is 6.42 Å². The van der Waals surface area contributed by atoms with Crippen LogP contribution >= 0.6 is 0 Å². The maximum atomic E-state index is 11.7. The van der Waals surface area contributed by atoms with E-state index in [2.05, 4.69) is 10.6 Å². The molecule has 0 bridgehead atoms. The predicted octanol–water partition coefficient (Wildman–Crippen LogP) is -0.895. The Kier molecular flexibility index (Phi) is 2.25. The minimum absolute atomic E-state index is 0.0550. The first-order chi connectivity index (χ1) is 6.70.